The number of aryl methyl sites for hydroxylation is 1. The average Bonchev–Trinajstić information content (AvgIpc) is 2.97. The minimum atomic E-state index is -0.368. The van der Waals surface area contributed by atoms with Gasteiger partial charge in [0.05, 0.1) is 7.11 Å². The first-order valence-corrected chi connectivity index (χ1v) is 6.24. The highest BCUT2D eigenvalue weighted by atomic mass is 19.1. The fraction of sp³-hybridized carbons (Fsp3) is 0.267. The van der Waals surface area contributed by atoms with Crippen LogP contribution in [0.2, 0.25) is 0 Å². The fourth-order valence-electron chi connectivity index (χ4n) is 2.75. The third-order valence-electron chi connectivity index (χ3n) is 3.64. The lowest BCUT2D eigenvalue weighted by atomic mass is 9.97. The van der Waals surface area contributed by atoms with Crippen molar-refractivity contribution in [2.75, 3.05) is 7.11 Å². The van der Waals surface area contributed by atoms with E-state index in [-0.39, 0.29) is 17.7 Å². The molecule has 1 aromatic carbocycles. The molecule has 1 atom stereocenters. The van der Waals surface area contributed by atoms with Gasteiger partial charge in [-0.1, -0.05) is 12.1 Å². The van der Waals surface area contributed by atoms with Gasteiger partial charge in [-0.05, 0) is 42.2 Å². The van der Waals surface area contributed by atoms with Gasteiger partial charge in [-0.2, -0.15) is 0 Å². The normalized spacial score (nSPS) is 17.3. The van der Waals surface area contributed by atoms with E-state index in [1.54, 1.807) is 12.1 Å². The molecule has 1 N–H and O–H groups in total. The third kappa shape index (κ3) is 2.03. The Kier molecular flexibility index (Phi) is 2.85. The lowest BCUT2D eigenvalue weighted by Gasteiger charge is -2.10. The molecule has 0 radical (unpaired) electrons. The van der Waals surface area contributed by atoms with Crippen molar-refractivity contribution in [3.05, 3.63) is 58.7 Å². The van der Waals surface area contributed by atoms with E-state index >= 15 is 0 Å². The van der Waals surface area contributed by atoms with Gasteiger partial charge in [0.25, 0.3) is 0 Å². The maximum atomic E-state index is 13.3. The van der Waals surface area contributed by atoms with E-state index in [1.807, 2.05) is 12.1 Å². The van der Waals surface area contributed by atoms with E-state index in [9.17, 15) is 9.18 Å². The number of methoxy groups -OCH3 is 1. The maximum Gasteiger partial charge on any atom is 0.354 e. The Bertz CT molecular complexity index is 633. The molecule has 0 saturated carbocycles. The summed E-state index contributed by atoms with van der Waals surface area (Å²) in [5.74, 6) is -0.470. The summed E-state index contributed by atoms with van der Waals surface area (Å²) in [6.45, 7) is 0. The maximum absolute atomic E-state index is 13.3. The van der Waals surface area contributed by atoms with Crippen LogP contribution in [0, 0.1) is 5.82 Å². The number of H-pyrrole nitrogens is 1. The van der Waals surface area contributed by atoms with Crippen LogP contribution in [0.3, 0.4) is 0 Å². The minimum Gasteiger partial charge on any atom is -0.464 e. The van der Waals surface area contributed by atoms with E-state index < -0.39 is 0 Å². The molecule has 1 aliphatic carbocycles. The zero-order valence-corrected chi connectivity index (χ0v) is 10.6. The molecule has 19 heavy (non-hydrogen) atoms. The first kappa shape index (κ1) is 12.0. The Morgan fingerprint density at radius 3 is 3.00 bits per heavy atom. The summed E-state index contributed by atoms with van der Waals surface area (Å²) in [4.78, 5) is 14.6. The SMILES string of the molecule is COC(=O)c1cc2c([nH]1)C(c1cccc(F)c1)CC2. The zero-order valence-electron chi connectivity index (χ0n) is 10.6. The van der Waals surface area contributed by atoms with E-state index in [1.165, 1.54) is 13.2 Å². The molecule has 0 bridgehead atoms. The second kappa shape index (κ2) is 4.53. The van der Waals surface area contributed by atoms with Crippen molar-refractivity contribution in [3.63, 3.8) is 0 Å². The molecule has 3 nitrogen and oxygen atoms in total. The van der Waals surface area contributed by atoms with Gasteiger partial charge in [-0.25, -0.2) is 9.18 Å². The molecule has 0 saturated heterocycles. The number of carbonyl (C=O) groups is 1. The van der Waals surface area contributed by atoms with Crippen molar-refractivity contribution in [1.29, 1.82) is 0 Å². The number of benzene rings is 1. The summed E-state index contributed by atoms with van der Waals surface area (Å²) < 4.78 is 18.0. The molecule has 0 aliphatic heterocycles. The van der Waals surface area contributed by atoms with Crippen LogP contribution >= 0.6 is 0 Å². The fourth-order valence-corrected chi connectivity index (χ4v) is 2.75. The van der Waals surface area contributed by atoms with Crippen LogP contribution in [0.15, 0.2) is 30.3 Å². The summed E-state index contributed by atoms with van der Waals surface area (Å²) >= 11 is 0. The summed E-state index contributed by atoms with van der Waals surface area (Å²) in [5.41, 5.74) is 3.53. The van der Waals surface area contributed by atoms with Crippen LogP contribution in [0.4, 0.5) is 4.39 Å². The van der Waals surface area contributed by atoms with Crippen LogP contribution < -0.4 is 0 Å². The molecular formula is C15H14FNO2. The molecule has 1 aliphatic rings. The zero-order chi connectivity index (χ0) is 13.4. The van der Waals surface area contributed by atoms with Crippen LogP contribution in [0.1, 0.15) is 39.6 Å². The van der Waals surface area contributed by atoms with E-state index in [2.05, 4.69) is 4.98 Å². The van der Waals surface area contributed by atoms with E-state index in [0.29, 0.717) is 5.69 Å². The quantitative estimate of drug-likeness (QED) is 0.842. The van der Waals surface area contributed by atoms with Gasteiger partial charge in [-0.3, -0.25) is 0 Å². The third-order valence-corrected chi connectivity index (χ3v) is 3.64. The van der Waals surface area contributed by atoms with Crippen molar-refractivity contribution in [2.45, 2.75) is 18.8 Å². The van der Waals surface area contributed by atoms with Crippen molar-refractivity contribution < 1.29 is 13.9 Å². The van der Waals surface area contributed by atoms with Crippen molar-refractivity contribution in [1.82, 2.24) is 4.98 Å². The lowest BCUT2D eigenvalue weighted by Crippen LogP contribution is -2.04. The van der Waals surface area contributed by atoms with Crippen molar-refractivity contribution in [2.24, 2.45) is 0 Å². The molecular weight excluding hydrogens is 245 g/mol. The summed E-state index contributed by atoms with van der Waals surface area (Å²) in [6.07, 6.45) is 1.83. The van der Waals surface area contributed by atoms with Gasteiger partial charge in [0, 0.05) is 11.6 Å². The van der Waals surface area contributed by atoms with Crippen LogP contribution in [-0.2, 0) is 11.2 Å². The van der Waals surface area contributed by atoms with Crippen molar-refractivity contribution >= 4 is 5.97 Å². The van der Waals surface area contributed by atoms with Crippen molar-refractivity contribution in [3.8, 4) is 0 Å². The van der Waals surface area contributed by atoms with Gasteiger partial charge in [0.2, 0.25) is 0 Å². The van der Waals surface area contributed by atoms with Gasteiger partial charge < -0.3 is 9.72 Å². The van der Waals surface area contributed by atoms with Crippen LogP contribution in [-0.4, -0.2) is 18.1 Å². The number of aromatic nitrogens is 1. The second-order valence-corrected chi connectivity index (χ2v) is 4.76. The lowest BCUT2D eigenvalue weighted by molar-refractivity contribution is 0.0594. The molecule has 0 spiro atoms. The number of halogens is 1. The molecule has 0 fully saturated rings. The Balaban J connectivity index is 1.97. The Hall–Kier alpha value is -2.10. The Morgan fingerprint density at radius 1 is 1.42 bits per heavy atom. The number of carbonyl (C=O) groups excluding carboxylic acids is 1. The second-order valence-electron chi connectivity index (χ2n) is 4.76. The number of nitrogens with one attached hydrogen (secondary N) is 1. The molecule has 1 unspecified atom stereocenters. The molecule has 1 aromatic heterocycles. The Morgan fingerprint density at radius 2 is 2.26 bits per heavy atom. The number of esters is 1. The number of hydrogen-bond donors (Lipinski definition) is 1. The van der Waals surface area contributed by atoms with Crippen LogP contribution in [0.5, 0.6) is 0 Å². The van der Waals surface area contributed by atoms with E-state index in [0.717, 1.165) is 29.7 Å². The predicted octanol–water partition coefficient (Wildman–Crippen LogP) is 3.02. The largest absolute Gasteiger partial charge is 0.464 e. The van der Waals surface area contributed by atoms with Gasteiger partial charge in [0.1, 0.15) is 11.5 Å². The molecule has 98 valence electrons. The van der Waals surface area contributed by atoms with Gasteiger partial charge >= 0.3 is 5.97 Å². The number of aromatic amines is 1. The highest BCUT2D eigenvalue weighted by molar-refractivity contribution is 5.88. The summed E-state index contributed by atoms with van der Waals surface area (Å²) in [6, 6.07) is 8.46. The number of rotatable bonds is 2. The number of ether oxygens (including phenoxy) is 1. The number of fused-ring (bicyclic) bond motifs is 1. The first-order valence-electron chi connectivity index (χ1n) is 6.24. The number of hydrogen-bond acceptors (Lipinski definition) is 2. The predicted molar refractivity (Wildman–Crippen MR) is 68.7 cm³/mol. The smallest absolute Gasteiger partial charge is 0.354 e. The van der Waals surface area contributed by atoms with Gasteiger partial charge in [0.15, 0.2) is 0 Å². The summed E-state index contributed by atoms with van der Waals surface area (Å²) in [7, 11) is 1.36. The summed E-state index contributed by atoms with van der Waals surface area (Å²) in [5, 5.41) is 0. The van der Waals surface area contributed by atoms with Gasteiger partial charge in [-0.15, -0.1) is 0 Å². The highest BCUT2D eigenvalue weighted by Crippen LogP contribution is 2.38. The molecule has 0 amide bonds. The highest BCUT2D eigenvalue weighted by Gasteiger charge is 2.28. The minimum absolute atomic E-state index is 0.129. The average molecular weight is 259 g/mol. The topological polar surface area (TPSA) is 42.1 Å². The van der Waals surface area contributed by atoms with E-state index in [4.69, 9.17) is 4.74 Å². The first-order chi connectivity index (χ1) is 9.19. The monoisotopic (exact) mass is 259 g/mol. The van der Waals surface area contributed by atoms with Crippen LogP contribution in [0.25, 0.3) is 0 Å². The Labute approximate surface area is 110 Å². The molecule has 1 heterocycles. The standard InChI is InChI=1S/C15H14FNO2/c1-19-15(18)13-8-10-5-6-12(14(10)17-13)9-3-2-4-11(16)7-9/h2-4,7-8,12,17H,5-6H2,1H3. The molecule has 3 rings (SSSR count). The molecule has 4 heteroatoms. The molecule has 2 aromatic rings.